The van der Waals surface area contributed by atoms with Crippen molar-refractivity contribution in [3.05, 3.63) is 70.8 Å². The molecule has 5 heteroatoms. The van der Waals surface area contributed by atoms with Gasteiger partial charge in [-0.1, -0.05) is 86.3 Å². The number of hydrogen-bond donors (Lipinski definition) is 1. The van der Waals surface area contributed by atoms with Crippen molar-refractivity contribution in [1.82, 2.24) is 0 Å². The zero-order valence-electron chi connectivity index (χ0n) is 18.1. The predicted molar refractivity (Wildman–Crippen MR) is 119 cm³/mol. The Kier molecular flexibility index (Phi) is 9.58. The number of phosphoric acid groups is 1. The van der Waals surface area contributed by atoms with E-state index in [1.807, 2.05) is 13.8 Å². The van der Waals surface area contributed by atoms with Crippen LogP contribution in [0.2, 0.25) is 0 Å². The van der Waals surface area contributed by atoms with Gasteiger partial charge in [0.1, 0.15) is 0 Å². The van der Waals surface area contributed by atoms with Gasteiger partial charge in [-0.3, -0.25) is 9.05 Å². The molecule has 2 rings (SSSR count). The maximum Gasteiger partial charge on any atom is 0.472 e. The average Bonchev–Trinajstić information content (AvgIpc) is 2.70. The highest BCUT2D eigenvalue weighted by Gasteiger charge is 2.26. The van der Waals surface area contributed by atoms with Crippen molar-refractivity contribution in [3.63, 3.8) is 0 Å². The predicted octanol–water partition coefficient (Wildman–Crippen LogP) is 6.90. The van der Waals surface area contributed by atoms with Crippen LogP contribution in [-0.2, 0) is 13.6 Å². The largest absolute Gasteiger partial charge is 0.472 e. The summed E-state index contributed by atoms with van der Waals surface area (Å²) >= 11 is 0. The van der Waals surface area contributed by atoms with E-state index in [2.05, 4.69) is 62.4 Å². The van der Waals surface area contributed by atoms with Gasteiger partial charge in [0.25, 0.3) is 0 Å². The topological polar surface area (TPSA) is 55.8 Å². The van der Waals surface area contributed by atoms with Crippen molar-refractivity contribution in [1.29, 1.82) is 0 Å². The first kappa shape index (κ1) is 23.8. The second-order valence-corrected chi connectivity index (χ2v) is 9.31. The molecule has 2 aromatic rings. The van der Waals surface area contributed by atoms with Gasteiger partial charge in [0.2, 0.25) is 0 Å². The van der Waals surface area contributed by atoms with E-state index in [4.69, 9.17) is 9.05 Å². The Morgan fingerprint density at radius 3 is 1.41 bits per heavy atom. The molecule has 2 aromatic carbocycles. The standard InChI is InChI=1S/C24H35O4P/c1-5-7-23(21-13-9-19(3)10-14-21)17-27-29(25,26)28-18-24(8-6-2)22-15-11-20(4)12-16-22/h9-16,23-24H,5-8,17-18H2,1-4H3,(H,25,26). The van der Waals surface area contributed by atoms with Crippen LogP contribution in [0.25, 0.3) is 0 Å². The van der Waals surface area contributed by atoms with Crippen LogP contribution in [0.4, 0.5) is 0 Å². The maximum atomic E-state index is 12.5. The molecule has 4 nitrogen and oxygen atoms in total. The van der Waals surface area contributed by atoms with E-state index in [0.29, 0.717) is 0 Å². The summed E-state index contributed by atoms with van der Waals surface area (Å²) in [5.41, 5.74) is 4.64. The molecule has 0 aliphatic carbocycles. The molecule has 0 saturated carbocycles. The minimum absolute atomic E-state index is 0.0770. The lowest BCUT2D eigenvalue weighted by Gasteiger charge is -2.22. The molecular formula is C24H35O4P. The van der Waals surface area contributed by atoms with E-state index in [1.54, 1.807) is 0 Å². The van der Waals surface area contributed by atoms with Crippen LogP contribution in [0.1, 0.15) is 73.6 Å². The molecule has 2 atom stereocenters. The van der Waals surface area contributed by atoms with E-state index >= 15 is 0 Å². The summed E-state index contributed by atoms with van der Waals surface area (Å²) in [6.07, 6.45) is 3.74. The minimum Gasteiger partial charge on any atom is -0.302 e. The molecule has 160 valence electrons. The summed E-state index contributed by atoms with van der Waals surface area (Å²) < 4.78 is 23.3. The summed E-state index contributed by atoms with van der Waals surface area (Å²) in [5, 5.41) is 0. The van der Waals surface area contributed by atoms with Crippen LogP contribution >= 0.6 is 7.82 Å². The molecule has 0 bridgehead atoms. The lowest BCUT2D eigenvalue weighted by atomic mass is 9.95. The molecule has 0 radical (unpaired) electrons. The van der Waals surface area contributed by atoms with Gasteiger partial charge in [0, 0.05) is 11.8 Å². The molecule has 2 unspecified atom stereocenters. The van der Waals surface area contributed by atoms with Crippen LogP contribution in [-0.4, -0.2) is 18.1 Å². The van der Waals surface area contributed by atoms with Gasteiger partial charge in [-0.15, -0.1) is 0 Å². The van der Waals surface area contributed by atoms with Gasteiger partial charge in [-0.05, 0) is 37.8 Å². The molecule has 0 fully saturated rings. The summed E-state index contributed by atoms with van der Waals surface area (Å²) in [6.45, 7) is 8.65. The van der Waals surface area contributed by atoms with Crippen molar-refractivity contribution in [2.45, 2.75) is 65.2 Å². The SMILES string of the molecule is CCCC(COP(=O)(O)OCC(CCC)c1ccc(C)cc1)c1ccc(C)cc1. The fraction of sp³-hybridized carbons (Fsp3) is 0.500. The van der Waals surface area contributed by atoms with Crippen molar-refractivity contribution < 1.29 is 18.5 Å². The van der Waals surface area contributed by atoms with Crippen LogP contribution in [0, 0.1) is 13.8 Å². The fourth-order valence-corrected chi connectivity index (χ4v) is 4.28. The lowest BCUT2D eigenvalue weighted by Crippen LogP contribution is -2.11. The zero-order chi connectivity index (χ0) is 21.3. The molecule has 0 aliphatic heterocycles. The van der Waals surface area contributed by atoms with E-state index < -0.39 is 7.82 Å². The van der Waals surface area contributed by atoms with Gasteiger partial charge in [0.05, 0.1) is 13.2 Å². The van der Waals surface area contributed by atoms with E-state index in [1.165, 1.54) is 11.1 Å². The number of hydrogen-bond acceptors (Lipinski definition) is 3. The first-order chi connectivity index (χ1) is 13.8. The highest BCUT2D eigenvalue weighted by molar-refractivity contribution is 7.47. The van der Waals surface area contributed by atoms with Gasteiger partial charge in [-0.25, -0.2) is 4.57 Å². The summed E-state index contributed by atoms with van der Waals surface area (Å²) in [5.74, 6) is 0.154. The normalized spacial score (nSPS) is 15.6. The fourth-order valence-electron chi connectivity index (χ4n) is 3.47. The van der Waals surface area contributed by atoms with E-state index in [-0.39, 0.29) is 25.0 Å². The van der Waals surface area contributed by atoms with Crippen molar-refractivity contribution >= 4 is 7.82 Å². The van der Waals surface area contributed by atoms with Gasteiger partial charge >= 0.3 is 7.82 Å². The Bertz CT molecular complexity index is 707. The van der Waals surface area contributed by atoms with Crippen molar-refractivity contribution in [3.8, 4) is 0 Å². The highest BCUT2D eigenvalue weighted by Crippen LogP contribution is 2.46. The van der Waals surface area contributed by atoms with E-state index in [9.17, 15) is 9.46 Å². The van der Waals surface area contributed by atoms with Gasteiger partial charge in [0.15, 0.2) is 0 Å². The summed E-state index contributed by atoms with van der Waals surface area (Å²) in [7, 11) is -4.11. The molecule has 0 heterocycles. The molecule has 29 heavy (non-hydrogen) atoms. The number of aryl methyl sites for hydroxylation is 2. The Hall–Kier alpha value is -1.45. The minimum atomic E-state index is -4.11. The number of rotatable bonds is 12. The molecule has 0 aromatic heterocycles. The Morgan fingerprint density at radius 2 is 1.10 bits per heavy atom. The third-order valence-corrected chi connectivity index (χ3v) is 6.20. The van der Waals surface area contributed by atoms with Crippen LogP contribution in [0.5, 0.6) is 0 Å². The first-order valence-electron chi connectivity index (χ1n) is 10.6. The highest BCUT2D eigenvalue weighted by atomic mass is 31.2. The maximum absolute atomic E-state index is 12.5. The smallest absolute Gasteiger partial charge is 0.302 e. The zero-order valence-corrected chi connectivity index (χ0v) is 19.0. The Morgan fingerprint density at radius 1 is 0.759 bits per heavy atom. The van der Waals surface area contributed by atoms with Crippen LogP contribution < -0.4 is 0 Å². The molecule has 1 N–H and O–H groups in total. The van der Waals surface area contributed by atoms with Gasteiger partial charge in [-0.2, -0.15) is 0 Å². The third-order valence-electron chi connectivity index (χ3n) is 5.25. The van der Waals surface area contributed by atoms with Gasteiger partial charge < -0.3 is 4.89 Å². The molecule has 0 amide bonds. The average molecular weight is 419 g/mol. The number of benzene rings is 2. The Balaban J connectivity index is 1.96. The monoisotopic (exact) mass is 418 g/mol. The Labute approximate surface area is 175 Å². The summed E-state index contributed by atoms with van der Waals surface area (Å²) in [6, 6.07) is 16.5. The second-order valence-electron chi connectivity index (χ2n) is 7.85. The third kappa shape index (κ3) is 8.06. The molecule has 0 spiro atoms. The quantitative estimate of drug-likeness (QED) is 0.381. The van der Waals surface area contributed by atoms with Crippen molar-refractivity contribution in [2.75, 3.05) is 13.2 Å². The first-order valence-corrected chi connectivity index (χ1v) is 12.1. The molecule has 0 aliphatic rings. The number of phosphoric ester groups is 1. The lowest BCUT2D eigenvalue weighted by molar-refractivity contribution is 0.133. The van der Waals surface area contributed by atoms with Crippen molar-refractivity contribution in [2.24, 2.45) is 0 Å². The second kappa shape index (κ2) is 11.7. The summed E-state index contributed by atoms with van der Waals surface area (Å²) in [4.78, 5) is 10.2. The van der Waals surface area contributed by atoms with Crippen LogP contribution in [0.3, 0.4) is 0 Å². The van der Waals surface area contributed by atoms with E-state index in [0.717, 1.165) is 36.8 Å². The molecular weight excluding hydrogens is 383 g/mol. The van der Waals surface area contributed by atoms with Crippen LogP contribution in [0.15, 0.2) is 48.5 Å². The molecule has 0 saturated heterocycles.